The van der Waals surface area contributed by atoms with E-state index in [1.165, 1.54) is 11.3 Å². The molecule has 0 spiro atoms. The minimum Gasteiger partial charge on any atom is -0.462 e. The minimum absolute atomic E-state index is 0.254. The lowest BCUT2D eigenvalue weighted by Crippen LogP contribution is -2.23. The quantitative estimate of drug-likeness (QED) is 0.652. The van der Waals surface area contributed by atoms with E-state index in [1.807, 2.05) is 30.3 Å². The summed E-state index contributed by atoms with van der Waals surface area (Å²) in [6.07, 6.45) is 0. The van der Waals surface area contributed by atoms with Crippen LogP contribution in [-0.4, -0.2) is 29.2 Å². The third-order valence-corrected chi connectivity index (χ3v) is 2.92. The number of esters is 1. The first-order valence-corrected chi connectivity index (χ1v) is 5.80. The number of hydrogen-bond acceptors (Lipinski definition) is 6. The average Bonchev–Trinajstić information content (AvgIpc) is 2.87. The summed E-state index contributed by atoms with van der Waals surface area (Å²) in [4.78, 5) is 22.2. The Bertz CT molecular complexity index is 568. The Morgan fingerprint density at radius 3 is 2.61 bits per heavy atom. The van der Waals surface area contributed by atoms with E-state index < -0.39 is 11.9 Å². The van der Waals surface area contributed by atoms with Gasteiger partial charge in [-0.3, -0.25) is 10.1 Å². The van der Waals surface area contributed by atoms with Crippen LogP contribution in [0.15, 0.2) is 30.3 Å². The van der Waals surface area contributed by atoms with Crippen molar-refractivity contribution in [2.75, 3.05) is 12.4 Å². The third-order valence-electron chi connectivity index (χ3n) is 2.04. The summed E-state index contributed by atoms with van der Waals surface area (Å²) in [5.74, 6) is -1.83. The summed E-state index contributed by atoms with van der Waals surface area (Å²) in [6.45, 7) is 0. The lowest BCUT2D eigenvalue weighted by Gasteiger charge is -1.97. The van der Waals surface area contributed by atoms with Crippen molar-refractivity contribution in [1.82, 2.24) is 10.2 Å². The first-order chi connectivity index (χ1) is 8.70. The fourth-order valence-electron chi connectivity index (χ4n) is 1.21. The van der Waals surface area contributed by atoms with Gasteiger partial charge < -0.3 is 4.74 Å². The van der Waals surface area contributed by atoms with Crippen LogP contribution in [0.4, 0.5) is 5.13 Å². The molecule has 0 saturated heterocycles. The molecule has 0 aliphatic carbocycles. The smallest absolute Gasteiger partial charge is 0.396 e. The fourth-order valence-corrected chi connectivity index (χ4v) is 1.96. The zero-order valence-corrected chi connectivity index (χ0v) is 10.2. The Labute approximate surface area is 107 Å². The molecule has 0 fully saturated rings. The molecular formula is C11H9N3O3S. The molecule has 1 amide bonds. The summed E-state index contributed by atoms with van der Waals surface area (Å²) in [7, 11) is 1.14. The van der Waals surface area contributed by atoms with Gasteiger partial charge in [-0.15, -0.1) is 10.2 Å². The average molecular weight is 263 g/mol. The number of amides is 1. The van der Waals surface area contributed by atoms with Gasteiger partial charge in [0, 0.05) is 5.56 Å². The van der Waals surface area contributed by atoms with Gasteiger partial charge in [-0.1, -0.05) is 41.7 Å². The van der Waals surface area contributed by atoms with Gasteiger partial charge in [0.2, 0.25) is 5.13 Å². The van der Waals surface area contributed by atoms with E-state index in [0.717, 1.165) is 12.7 Å². The highest BCUT2D eigenvalue weighted by Gasteiger charge is 2.16. The molecule has 6 nitrogen and oxygen atoms in total. The summed E-state index contributed by atoms with van der Waals surface area (Å²) in [6, 6.07) is 9.41. The van der Waals surface area contributed by atoms with Gasteiger partial charge in [0.1, 0.15) is 5.01 Å². The zero-order chi connectivity index (χ0) is 13.0. The summed E-state index contributed by atoms with van der Waals surface area (Å²) >= 11 is 1.18. The molecule has 0 aliphatic rings. The van der Waals surface area contributed by atoms with Crippen LogP contribution in [0.1, 0.15) is 0 Å². The molecule has 18 heavy (non-hydrogen) atoms. The van der Waals surface area contributed by atoms with Gasteiger partial charge in [0.25, 0.3) is 0 Å². The van der Waals surface area contributed by atoms with Gasteiger partial charge in [-0.25, -0.2) is 4.79 Å². The topological polar surface area (TPSA) is 81.2 Å². The summed E-state index contributed by atoms with van der Waals surface area (Å²) in [5.41, 5.74) is 0.897. The van der Waals surface area contributed by atoms with Gasteiger partial charge in [-0.05, 0) is 0 Å². The number of methoxy groups -OCH3 is 1. The molecule has 1 N–H and O–H groups in total. The highest BCUT2D eigenvalue weighted by molar-refractivity contribution is 7.18. The third kappa shape index (κ3) is 2.69. The maximum atomic E-state index is 11.2. The van der Waals surface area contributed by atoms with E-state index in [1.54, 1.807) is 0 Å². The van der Waals surface area contributed by atoms with Crippen molar-refractivity contribution in [2.24, 2.45) is 0 Å². The summed E-state index contributed by atoms with van der Waals surface area (Å²) < 4.78 is 4.28. The van der Waals surface area contributed by atoms with Crippen LogP contribution in [0.2, 0.25) is 0 Å². The Hall–Kier alpha value is -2.28. The molecule has 0 aliphatic heterocycles. The normalized spacial score (nSPS) is 9.83. The number of anilines is 1. The molecule has 1 aromatic carbocycles. The predicted molar refractivity (Wildman–Crippen MR) is 66.0 cm³/mol. The van der Waals surface area contributed by atoms with E-state index in [-0.39, 0.29) is 5.13 Å². The molecule has 0 bridgehead atoms. The first kappa shape index (κ1) is 12.2. The van der Waals surface area contributed by atoms with Crippen LogP contribution in [-0.2, 0) is 14.3 Å². The van der Waals surface area contributed by atoms with Crippen LogP contribution < -0.4 is 5.32 Å². The van der Waals surface area contributed by atoms with Crippen molar-refractivity contribution < 1.29 is 14.3 Å². The Balaban J connectivity index is 2.12. The molecule has 0 saturated carbocycles. The number of carbonyl (C=O) groups excluding carboxylic acids is 2. The summed E-state index contributed by atoms with van der Waals surface area (Å²) in [5, 5.41) is 10.9. The van der Waals surface area contributed by atoms with E-state index in [4.69, 9.17) is 0 Å². The lowest BCUT2D eigenvalue weighted by molar-refractivity contribution is -0.150. The molecule has 7 heteroatoms. The van der Waals surface area contributed by atoms with Crippen LogP contribution in [0.3, 0.4) is 0 Å². The Kier molecular flexibility index (Phi) is 3.63. The van der Waals surface area contributed by atoms with E-state index >= 15 is 0 Å². The molecule has 0 unspecified atom stereocenters. The van der Waals surface area contributed by atoms with Crippen molar-refractivity contribution >= 4 is 28.3 Å². The molecular weight excluding hydrogens is 254 g/mol. The SMILES string of the molecule is COC(=O)C(=O)Nc1nnc(-c2ccccc2)s1. The van der Waals surface area contributed by atoms with Crippen LogP contribution in [0.5, 0.6) is 0 Å². The number of hydrogen-bond donors (Lipinski definition) is 1. The number of rotatable bonds is 2. The minimum atomic E-state index is -0.966. The lowest BCUT2D eigenvalue weighted by atomic mass is 10.2. The van der Waals surface area contributed by atoms with E-state index in [9.17, 15) is 9.59 Å². The first-order valence-electron chi connectivity index (χ1n) is 4.99. The van der Waals surface area contributed by atoms with Crippen molar-refractivity contribution in [3.63, 3.8) is 0 Å². The number of carbonyl (C=O) groups is 2. The number of nitrogens with one attached hydrogen (secondary N) is 1. The second-order valence-electron chi connectivity index (χ2n) is 3.22. The standard InChI is InChI=1S/C11H9N3O3S/c1-17-10(16)8(15)12-11-14-13-9(18-11)7-5-3-2-4-6-7/h2-6H,1H3,(H,12,14,15). The number of benzene rings is 1. The van der Waals surface area contributed by atoms with E-state index in [0.29, 0.717) is 5.01 Å². The predicted octanol–water partition coefficient (Wildman–Crippen LogP) is 1.32. The van der Waals surface area contributed by atoms with Gasteiger partial charge in [-0.2, -0.15) is 0 Å². The van der Waals surface area contributed by atoms with Crippen molar-refractivity contribution in [3.05, 3.63) is 30.3 Å². The number of ether oxygens (including phenoxy) is 1. The molecule has 0 radical (unpaired) electrons. The molecule has 1 aromatic heterocycles. The largest absolute Gasteiger partial charge is 0.462 e. The van der Waals surface area contributed by atoms with Gasteiger partial charge in [0.15, 0.2) is 0 Å². The maximum Gasteiger partial charge on any atom is 0.396 e. The van der Waals surface area contributed by atoms with Crippen molar-refractivity contribution in [2.45, 2.75) is 0 Å². The van der Waals surface area contributed by atoms with Crippen LogP contribution >= 0.6 is 11.3 Å². The highest BCUT2D eigenvalue weighted by Crippen LogP contribution is 2.25. The zero-order valence-electron chi connectivity index (χ0n) is 9.41. The van der Waals surface area contributed by atoms with Crippen molar-refractivity contribution in [3.8, 4) is 10.6 Å². The molecule has 0 atom stereocenters. The van der Waals surface area contributed by atoms with Crippen LogP contribution in [0.25, 0.3) is 10.6 Å². The maximum absolute atomic E-state index is 11.2. The molecule has 1 heterocycles. The molecule has 92 valence electrons. The van der Waals surface area contributed by atoms with Crippen molar-refractivity contribution in [1.29, 1.82) is 0 Å². The monoisotopic (exact) mass is 263 g/mol. The Morgan fingerprint density at radius 2 is 1.94 bits per heavy atom. The van der Waals surface area contributed by atoms with Gasteiger partial charge >= 0.3 is 11.9 Å². The van der Waals surface area contributed by atoms with Crippen LogP contribution in [0, 0.1) is 0 Å². The van der Waals surface area contributed by atoms with E-state index in [2.05, 4.69) is 20.3 Å². The molecule has 2 aromatic rings. The fraction of sp³-hybridized carbons (Fsp3) is 0.0909. The number of aromatic nitrogens is 2. The second-order valence-corrected chi connectivity index (χ2v) is 4.20. The number of nitrogens with zero attached hydrogens (tertiary/aromatic N) is 2. The second kappa shape index (κ2) is 5.37. The Morgan fingerprint density at radius 1 is 1.22 bits per heavy atom. The molecule has 2 rings (SSSR count). The highest BCUT2D eigenvalue weighted by atomic mass is 32.1. The van der Waals surface area contributed by atoms with Gasteiger partial charge in [0.05, 0.1) is 7.11 Å².